The number of fused-ring (bicyclic) bond motifs is 4. The van der Waals surface area contributed by atoms with Crippen LogP contribution in [0.4, 0.5) is 0 Å². The van der Waals surface area contributed by atoms with Gasteiger partial charge in [0.15, 0.2) is 41.2 Å². The normalized spacial score (nSPS) is 25.6. The summed E-state index contributed by atoms with van der Waals surface area (Å²) in [6.45, 7) is 3.78. The molecule has 0 aliphatic carbocycles. The molecular weight excluding hydrogens is 524 g/mol. The van der Waals surface area contributed by atoms with Crippen LogP contribution in [0.2, 0.25) is 0 Å². The lowest BCUT2D eigenvalue weighted by Gasteiger charge is -2.27. The Labute approximate surface area is 229 Å². The number of cyclic esters (lactones) is 1. The molecule has 40 heavy (non-hydrogen) atoms. The Kier molecular flexibility index (Phi) is 5.76. The Hall–Kier alpha value is -3.77. The second kappa shape index (κ2) is 9.13. The van der Waals surface area contributed by atoms with Crippen molar-refractivity contribution in [1.29, 1.82) is 0 Å². The van der Waals surface area contributed by atoms with Crippen molar-refractivity contribution in [3.8, 4) is 39.9 Å². The zero-order valence-corrected chi connectivity index (χ0v) is 22.6. The highest BCUT2D eigenvalue weighted by Crippen LogP contribution is 2.50. The lowest BCUT2D eigenvalue weighted by Crippen LogP contribution is -2.39. The summed E-state index contributed by atoms with van der Waals surface area (Å²) in [4.78, 5) is 13.3. The van der Waals surface area contributed by atoms with Gasteiger partial charge in [0.05, 0.1) is 19.8 Å². The third-order valence-electron chi connectivity index (χ3n) is 7.53. The van der Waals surface area contributed by atoms with E-state index >= 15 is 0 Å². The van der Waals surface area contributed by atoms with Crippen LogP contribution in [0.1, 0.15) is 29.8 Å². The second-order valence-corrected chi connectivity index (χ2v) is 10.2. The molecule has 2 fully saturated rings. The maximum Gasteiger partial charge on any atom is 0.339 e. The molecule has 2 saturated heterocycles. The van der Waals surface area contributed by atoms with Crippen molar-refractivity contribution in [2.24, 2.45) is 0 Å². The molecule has 4 aliphatic rings. The molecule has 3 aromatic carbocycles. The van der Waals surface area contributed by atoms with Crippen molar-refractivity contribution >= 4 is 16.7 Å². The van der Waals surface area contributed by atoms with Gasteiger partial charge in [0.25, 0.3) is 0 Å². The predicted octanol–water partition coefficient (Wildman–Crippen LogP) is 4.15. The SMILES string of the molecule is COc1cc2c(OC3OC4OC(C)(C)OC4C3OC)c3c(c(-c4ccc5c(c4)OCO5)c2cc1OC)C(=O)OC3. The zero-order chi connectivity index (χ0) is 27.8. The van der Waals surface area contributed by atoms with Gasteiger partial charge < -0.3 is 47.4 Å². The molecule has 0 radical (unpaired) electrons. The summed E-state index contributed by atoms with van der Waals surface area (Å²) in [6, 6.07) is 9.18. The molecule has 11 nitrogen and oxygen atoms in total. The fraction of sp³-hybridized carbons (Fsp3) is 0.414. The van der Waals surface area contributed by atoms with Crippen LogP contribution in [0, 0.1) is 0 Å². The van der Waals surface area contributed by atoms with E-state index < -0.39 is 36.5 Å². The highest BCUT2D eigenvalue weighted by molar-refractivity contribution is 6.14. The van der Waals surface area contributed by atoms with E-state index in [9.17, 15) is 4.79 Å². The van der Waals surface area contributed by atoms with Gasteiger partial charge in [-0.3, -0.25) is 0 Å². The molecule has 0 bridgehead atoms. The van der Waals surface area contributed by atoms with Gasteiger partial charge in [-0.15, -0.1) is 0 Å². The van der Waals surface area contributed by atoms with Gasteiger partial charge in [-0.25, -0.2) is 4.79 Å². The monoisotopic (exact) mass is 552 g/mol. The van der Waals surface area contributed by atoms with Gasteiger partial charge in [-0.05, 0) is 49.1 Å². The van der Waals surface area contributed by atoms with E-state index in [1.165, 1.54) is 0 Å². The molecule has 3 aromatic rings. The van der Waals surface area contributed by atoms with Gasteiger partial charge in [0.1, 0.15) is 18.5 Å². The Balaban J connectivity index is 1.42. The lowest BCUT2D eigenvalue weighted by molar-refractivity contribution is -0.245. The molecule has 0 amide bonds. The third kappa shape index (κ3) is 3.76. The fourth-order valence-corrected chi connectivity index (χ4v) is 5.80. The number of esters is 1. The number of methoxy groups -OCH3 is 3. The number of hydrogen-bond acceptors (Lipinski definition) is 11. The van der Waals surface area contributed by atoms with Crippen LogP contribution < -0.4 is 23.7 Å². The molecule has 210 valence electrons. The molecule has 7 rings (SSSR count). The molecular formula is C29H28O11. The second-order valence-electron chi connectivity index (χ2n) is 10.2. The van der Waals surface area contributed by atoms with Crippen LogP contribution in [0.3, 0.4) is 0 Å². The number of hydrogen-bond donors (Lipinski definition) is 0. The molecule has 4 heterocycles. The average Bonchev–Trinajstić information content (AvgIpc) is 3.70. The Bertz CT molecular complexity index is 1530. The maximum atomic E-state index is 13.3. The smallest absolute Gasteiger partial charge is 0.339 e. The predicted molar refractivity (Wildman–Crippen MR) is 138 cm³/mol. The number of ether oxygens (including phenoxy) is 10. The van der Waals surface area contributed by atoms with Crippen LogP contribution in [0.15, 0.2) is 30.3 Å². The van der Waals surface area contributed by atoms with Crippen molar-refractivity contribution in [1.82, 2.24) is 0 Å². The van der Waals surface area contributed by atoms with Crippen LogP contribution in [-0.2, 0) is 30.3 Å². The first-order valence-corrected chi connectivity index (χ1v) is 12.8. The molecule has 0 saturated carbocycles. The van der Waals surface area contributed by atoms with Gasteiger partial charge >= 0.3 is 5.97 Å². The van der Waals surface area contributed by atoms with E-state index in [-0.39, 0.29) is 13.4 Å². The highest BCUT2D eigenvalue weighted by Gasteiger charge is 2.56. The number of benzene rings is 3. The fourth-order valence-electron chi connectivity index (χ4n) is 5.80. The van der Waals surface area contributed by atoms with Gasteiger partial charge in [-0.1, -0.05) is 6.07 Å². The number of carbonyl (C=O) groups excluding carboxylic acids is 1. The van der Waals surface area contributed by atoms with E-state index in [0.29, 0.717) is 56.2 Å². The van der Waals surface area contributed by atoms with Crippen molar-refractivity contribution in [3.05, 3.63) is 41.5 Å². The zero-order valence-electron chi connectivity index (χ0n) is 22.6. The largest absolute Gasteiger partial charge is 0.493 e. The summed E-state index contributed by atoms with van der Waals surface area (Å²) in [7, 11) is 4.67. The quantitative estimate of drug-likeness (QED) is 0.412. The van der Waals surface area contributed by atoms with E-state index in [1.807, 2.05) is 44.2 Å². The van der Waals surface area contributed by atoms with Gasteiger partial charge in [-0.2, -0.15) is 0 Å². The van der Waals surface area contributed by atoms with Gasteiger partial charge in [0, 0.05) is 23.6 Å². The third-order valence-corrected chi connectivity index (χ3v) is 7.53. The van der Waals surface area contributed by atoms with Crippen molar-refractivity contribution < 1.29 is 52.2 Å². The Morgan fingerprint density at radius 2 is 1.62 bits per heavy atom. The summed E-state index contributed by atoms with van der Waals surface area (Å²) in [5.74, 6) is 1.32. The standard InChI is InChI=1S/C29H28O11/c1-29(2)39-25-24(33-5)27(38-28(25)40-29)37-23-15-10-19(32-4)18(31-3)9-14(15)21(22-16(23)11-34-26(22)30)13-6-7-17-20(8-13)36-12-35-17/h6-10,24-25,27-28H,11-12H2,1-5H3. The molecule has 4 atom stereocenters. The van der Waals surface area contributed by atoms with Crippen molar-refractivity contribution in [2.75, 3.05) is 28.1 Å². The average molecular weight is 553 g/mol. The van der Waals surface area contributed by atoms with E-state index in [4.69, 9.17) is 47.4 Å². The maximum absolute atomic E-state index is 13.3. The Morgan fingerprint density at radius 1 is 0.875 bits per heavy atom. The number of carbonyl (C=O) groups is 1. The molecule has 4 unspecified atom stereocenters. The molecule has 0 aromatic heterocycles. The Morgan fingerprint density at radius 3 is 2.38 bits per heavy atom. The summed E-state index contributed by atoms with van der Waals surface area (Å²) in [5.41, 5.74) is 2.36. The minimum Gasteiger partial charge on any atom is -0.493 e. The summed E-state index contributed by atoms with van der Waals surface area (Å²) < 4.78 is 58.3. The van der Waals surface area contributed by atoms with E-state index in [2.05, 4.69) is 0 Å². The van der Waals surface area contributed by atoms with Crippen molar-refractivity contribution in [2.45, 2.75) is 51.0 Å². The lowest BCUT2D eigenvalue weighted by atomic mass is 9.89. The minimum absolute atomic E-state index is 0.0165. The van der Waals surface area contributed by atoms with Crippen LogP contribution in [0.25, 0.3) is 21.9 Å². The minimum atomic E-state index is -0.886. The summed E-state index contributed by atoms with van der Waals surface area (Å²) >= 11 is 0. The molecule has 0 spiro atoms. The molecule has 4 aliphatic heterocycles. The first kappa shape index (κ1) is 25.2. The highest BCUT2D eigenvalue weighted by atomic mass is 16.9. The van der Waals surface area contributed by atoms with Crippen LogP contribution >= 0.6 is 0 Å². The summed E-state index contributed by atoms with van der Waals surface area (Å²) in [6.07, 6.45) is -2.65. The van der Waals surface area contributed by atoms with E-state index in [0.717, 1.165) is 5.56 Å². The molecule has 11 heteroatoms. The first-order valence-electron chi connectivity index (χ1n) is 12.8. The number of rotatable bonds is 6. The van der Waals surface area contributed by atoms with Crippen LogP contribution in [0.5, 0.6) is 28.7 Å². The van der Waals surface area contributed by atoms with Crippen molar-refractivity contribution in [3.63, 3.8) is 0 Å². The first-order chi connectivity index (χ1) is 19.3. The van der Waals surface area contributed by atoms with Gasteiger partial charge in [0.2, 0.25) is 13.1 Å². The summed E-state index contributed by atoms with van der Waals surface area (Å²) in [5, 5.41) is 1.35. The molecule has 0 N–H and O–H groups in total. The van der Waals surface area contributed by atoms with Crippen LogP contribution in [-0.4, -0.2) is 64.7 Å². The topological polar surface area (TPSA) is 109 Å². The van der Waals surface area contributed by atoms with E-state index in [1.54, 1.807) is 21.3 Å².